The summed E-state index contributed by atoms with van der Waals surface area (Å²) in [6, 6.07) is 2.71. The van der Waals surface area contributed by atoms with Gasteiger partial charge in [-0.05, 0) is 56.6 Å². The number of hydrogen-bond donors (Lipinski definition) is 0. The van der Waals surface area contributed by atoms with Gasteiger partial charge in [-0.15, -0.1) is 0 Å². The number of carbonyl (C=O) groups excluding carboxylic acids is 1. The zero-order valence-corrected chi connectivity index (χ0v) is 16.1. The Hall–Kier alpha value is -1.62. The predicted molar refractivity (Wildman–Crippen MR) is 104 cm³/mol. The van der Waals surface area contributed by atoms with Crippen LogP contribution in [0.15, 0.2) is 18.5 Å². The van der Waals surface area contributed by atoms with Crippen molar-refractivity contribution in [1.29, 1.82) is 0 Å². The molecule has 1 saturated carbocycles. The van der Waals surface area contributed by atoms with Gasteiger partial charge in [0, 0.05) is 69.8 Å². The van der Waals surface area contributed by atoms with E-state index in [1.807, 2.05) is 12.4 Å². The highest BCUT2D eigenvalue weighted by Gasteiger charge is 2.31. The van der Waals surface area contributed by atoms with Gasteiger partial charge in [0.05, 0.1) is 0 Å². The average Bonchev–Trinajstić information content (AvgIpc) is 3.48. The number of nitrogens with zero attached hydrogens (tertiary/aromatic N) is 4. The smallest absolute Gasteiger partial charge is 0.222 e. The molecule has 3 fully saturated rings. The lowest BCUT2D eigenvalue weighted by atomic mass is 10.1. The van der Waals surface area contributed by atoms with Crippen LogP contribution in [0.5, 0.6) is 0 Å². The molecule has 0 spiro atoms. The van der Waals surface area contributed by atoms with Crippen LogP contribution in [-0.4, -0.2) is 66.0 Å². The molecule has 5 heteroatoms. The third-order valence-electron chi connectivity index (χ3n) is 6.33. The molecule has 5 nitrogen and oxygen atoms in total. The molecule has 0 radical (unpaired) electrons. The lowest BCUT2D eigenvalue weighted by Gasteiger charge is -2.30. The van der Waals surface area contributed by atoms with Crippen molar-refractivity contribution in [2.24, 2.45) is 5.92 Å². The Kier molecular flexibility index (Phi) is 5.44. The van der Waals surface area contributed by atoms with Gasteiger partial charge in [-0.3, -0.25) is 14.7 Å². The quantitative estimate of drug-likeness (QED) is 0.832. The van der Waals surface area contributed by atoms with Crippen LogP contribution in [0.1, 0.15) is 44.1 Å². The predicted octanol–water partition coefficient (Wildman–Crippen LogP) is 2.69. The summed E-state index contributed by atoms with van der Waals surface area (Å²) in [6.07, 6.45) is 10.6. The van der Waals surface area contributed by atoms with Gasteiger partial charge in [-0.1, -0.05) is 0 Å². The van der Waals surface area contributed by atoms with Crippen LogP contribution in [0, 0.1) is 12.8 Å². The summed E-state index contributed by atoms with van der Waals surface area (Å²) in [6.45, 7) is 8.56. The number of aryl methyl sites for hydroxylation is 1. The fourth-order valence-corrected chi connectivity index (χ4v) is 4.56. The first-order valence-corrected chi connectivity index (χ1v) is 10.4. The largest absolute Gasteiger partial charge is 0.370 e. The van der Waals surface area contributed by atoms with Gasteiger partial charge in [-0.25, -0.2) is 0 Å². The molecule has 2 aliphatic heterocycles. The monoisotopic (exact) mass is 356 g/mol. The molecule has 0 aromatic carbocycles. The van der Waals surface area contributed by atoms with Crippen molar-refractivity contribution in [2.45, 2.75) is 51.5 Å². The van der Waals surface area contributed by atoms with Crippen molar-refractivity contribution in [3.8, 4) is 0 Å². The summed E-state index contributed by atoms with van der Waals surface area (Å²) < 4.78 is 0. The SMILES string of the molecule is Cc1cnccc1N1CCCN(C2CCC(=O)N(CC3CC3)CC2)CC1. The van der Waals surface area contributed by atoms with Crippen LogP contribution < -0.4 is 4.90 Å². The Labute approximate surface area is 157 Å². The fraction of sp³-hybridized carbons (Fsp3) is 0.714. The average molecular weight is 357 g/mol. The summed E-state index contributed by atoms with van der Waals surface area (Å²) in [5.41, 5.74) is 2.59. The summed E-state index contributed by atoms with van der Waals surface area (Å²) in [7, 11) is 0. The van der Waals surface area contributed by atoms with Crippen LogP contribution in [0.25, 0.3) is 0 Å². The van der Waals surface area contributed by atoms with E-state index < -0.39 is 0 Å². The van der Waals surface area contributed by atoms with Crippen molar-refractivity contribution < 1.29 is 4.79 Å². The van der Waals surface area contributed by atoms with E-state index >= 15 is 0 Å². The number of pyridine rings is 1. The maximum absolute atomic E-state index is 12.4. The third-order valence-corrected chi connectivity index (χ3v) is 6.33. The summed E-state index contributed by atoms with van der Waals surface area (Å²) >= 11 is 0. The van der Waals surface area contributed by atoms with E-state index in [2.05, 4.69) is 32.7 Å². The van der Waals surface area contributed by atoms with Crippen molar-refractivity contribution in [2.75, 3.05) is 44.2 Å². The third kappa shape index (κ3) is 4.20. The van der Waals surface area contributed by atoms with Crippen molar-refractivity contribution >= 4 is 11.6 Å². The first kappa shape index (κ1) is 17.8. The summed E-state index contributed by atoms with van der Waals surface area (Å²) in [5.74, 6) is 1.19. The maximum atomic E-state index is 12.4. The molecule has 142 valence electrons. The number of rotatable bonds is 4. The molecule has 4 rings (SSSR count). The van der Waals surface area contributed by atoms with Crippen molar-refractivity contribution in [1.82, 2.24) is 14.8 Å². The highest BCUT2D eigenvalue weighted by Crippen LogP contribution is 2.31. The standard InChI is InChI=1S/C21H32N4O/c1-17-15-22-9-7-20(17)24-11-2-10-23(13-14-24)19-5-6-21(26)25(12-8-19)16-18-3-4-18/h7,9,15,18-19H,2-6,8,10-14,16H2,1H3. The van der Waals surface area contributed by atoms with E-state index in [1.54, 1.807) is 0 Å². The van der Waals surface area contributed by atoms with Gasteiger partial charge in [0.2, 0.25) is 5.91 Å². The molecule has 2 saturated heterocycles. The lowest BCUT2D eigenvalue weighted by Crippen LogP contribution is -2.39. The zero-order chi connectivity index (χ0) is 17.9. The molecule has 1 aromatic heterocycles. The van der Waals surface area contributed by atoms with Gasteiger partial charge in [0.1, 0.15) is 0 Å². The highest BCUT2D eigenvalue weighted by molar-refractivity contribution is 5.76. The van der Waals surface area contributed by atoms with Crippen molar-refractivity contribution in [3.63, 3.8) is 0 Å². The molecule has 1 amide bonds. The van der Waals surface area contributed by atoms with E-state index in [1.165, 1.54) is 30.5 Å². The molecule has 1 aliphatic carbocycles. The molecule has 26 heavy (non-hydrogen) atoms. The molecule has 1 unspecified atom stereocenters. The van der Waals surface area contributed by atoms with Crippen LogP contribution in [0.4, 0.5) is 5.69 Å². The summed E-state index contributed by atoms with van der Waals surface area (Å²) in [5, 5.41) is 0. The van der Waals surface area contributed by atoms with Gasteiger partial charge < -0.3 is 9.80 Å². The van der Waals surface area contributed by atoms with E-state index in [-0.39, 0.29) is 0 Å². The molecular formula is C21H32N4O. The molecule has 0 bridgehead atoms. The number of carbonyl (C=O) groups is 1. The van der Waals surface area contributed by atoms with E-state index in [0.29, 0.717) is 11.9 Å². The van der Waals surface area contributed by atoms with Gasteiger partial charge in [0.15, 0.2) is 0 Å². The van der Waals surface area contributed by atoms with E-state index in [9.17, 15) is 4.79 Å². The maximum Gasteiger partial charge on any atom is 0.222 e. The Morgan fingerprint density at radius 3 is 2.77 bits per heavy atom. The lowest BCUT2D eigenvalue weighted by molar-refractivity contribution is -0.130. The fourth-order valence-electron chi connectivity index (χ4n) is 4.56. The molecule has 0 N–H and O–H groups in total. The Bertz CT molecular complexity index is 630. The summed E-state index contributed by atoms with van der Waals surface area (Å²) in [4.78, 5) is 24.0. The number of hydrogen-bond acceptors (Lipinski definition) is 4. The molecule has 1 atom stereocenters. The number of amides is 1. The Balaban J connectivity index is 1.35. The number of aromatic nitrogens is 1. The normalized spacial score (nSPS) is 25.9. The molecule has 1 aromatic rings. The van der Waals surface area contributed by atoms with Gasteiger partial charge in [-0.2, -0.15) is 0 Å². The second-order valence-electron chi connectivity index (χ2n) is 8.30. The second-order valence-corrected chi connectivity index (χ2v) is 8.30. The van der Waals surface area contributed by atoms with Crippen molar-refractivity contribution in [3.05, 3.63) is 24.0 Å². The minimum Gasteiger partial charge on any atom is -0.370 e. The topological polar surface area (TPSA) is 39.7 Å². The minimum atomic E-state index is 0.392. The van der Waals surface area contributed by atoms with Crippen LogP contribution in [0.3, 0.4) is 0 Å². The molecular weight excluding hydrogens is 324 g/mol. The molecule has 3 heterocycles. The minimum absolute atomic E-state index is 0.392. The number of likely N-dealkylation sites (tertiary alicyclic amines) is 1. The first-order valence-electron chi connectivity index (χ1n) is 10.4. The Morgan fingerprint density at radius 2 is 1.96 bits per heavy atom. The second kappa shape index (κ2) is 7.95. The first-order chi connectivity index (χ1) is 12.7. The highest BCUT2D eigenvalue weighted by atomic mass is 16.2. The van der Waals surface area contributed by atoms with Gasteiger partial charge in [0.25, 0.3) is 0 Å². The molecule has 3 aliphatic rings. The number of anilines is 1. The van der Waals surface area contributed by atoms with Gasteiger partial charge >= 0.3 is 0 Å². The van der Waals surface area contributed by atoms with Crippen LogP contribution >= 0.6 is 0 Å². The van der Waals surface area contributed by atoms with Crippen LogP contribution in [0.2, 0.25) is 0 Å². The zero-order valence-electron chi connectivity index (χ0n) is 16.1. The van der Waals surface area contributed by atoms with E-state index in [4.69, 9.17) is 0 Å². The Morgan fingerprint density at radius 1 is 1.08 bits per heavy atom. The van der Waals surface area contributed by atoms with E-state index in [0.717, 1.165) is 64.4 Å². The van der Waals surface area contributed by atoms with Crippen LogP contribution in [-0.2, 0) is 4.79 Å².